The SMILES string of the molecule is Br.Br.CCCCCCCC/N=C(/NCCCCCCC)SC(C)N. The predicted octanol–water partition coefficient (Wildman–Crippen LogP) is 6.46. The van der Waals surface area contributed by atoms with Gasteiger partial charge >= 0.3 is 0 Å². The van der Waals surface area contributed by atoms with E-state index in [0.29, 0.717) is 0 Å². The second-order valence-electron chi connectivity index (χ2n) is 6.12. The Kier molecular flexibility index (Phi) is 29.2. The number of aliphatic imine (C=N–C) groups is 1. The fraction of sp³-hybridized carbons (Fsp3) is 0.944. The van der Waals surface area contributed by atoms with Crippen LogP contribution in [0.1, 0.15) is 91.4 Å². The topological polar surface area (TPSA) is 50.4 Å². The summed E-state index contributed by atoms with van der Waals surface area (Å²) < 4.78 is 0. The maximum Gasteiger partial charge on any atom is 0.158 e. The summed E-state index contributed by atoms with van der Waals surface area (Å²) in [5.74, 6) is 0. The Labute approximate surface area is 176 Å². The predicted molar refractivity (Wildman–Crippen MR) is 124 cm³/mol. The minimum atomic E-state index is 0. The van der Waals surface area contributed by atoms with E-state index in [1.165, 1.54) is 70.6 Å². The monoisotopic (exact) mass is 489 g/mol. The zero-order chi connectivity index (χ0) is 16.5. The molecule has 0 bridgehead atoms. The number of halogens is 2. The van der Waals surface area contributed by atoms with E-state index in [4.69, 9.17) is 10.7 Å². The molecule has 0 amide bonds. The van der Waals surface area contributed by atoms with E-state index in [9.17, 15) is 0 Å². The number of rotatable bonds is 14. The van der Waals surface area contributed by atoms with Crippen molar-refractivity contribution >= 4 is 50.9 Å². The number of thioether (sulfide) groups is 1. The van der Waals surface area contributed by atoms with Crippen molar-refractivity contribution in [2.24, 2.45) is 10.7 Å². The highest BCUT2D eigenvalue weighted by atomic mass is 79.9. The molecular weight excluding hydrogens is 450 g/mol. The van der Waals surface area contributed by atoms with Crippen LogP contribution in [0.2, 0.25) is 0 Å². The Morgan fingerprint density at radius 3 is 1.92 bits per heavy atom. The summed E-state index contributed by atoms with van der Waals surface area (Å²) in [5, 5.41) is 4.62. The number of nitrogens with two attached hydrogens (primary N) is 1. The third-order valence-corrected chi connectivity index (χ3v) is 4.49. The van der Waals surface area contributed by atoms with E-state index in [1.807, 2.05) is 6.92 Å². The van der Waals surface area contributed by atoms with Crippen molar-refractivity contribution in [2.45, 2.75) is 96.8 Å². The number of nitrogens with zero attached hydrogens (tertiary/aromatic N) is 1. The number of unbranched alkanes of at least 4 members (excludes halogenated alkanes) is 9. The van der Waals surface area contributed by atoms with Crippen molar-refractivity contribution in [3.05, 3.63) is 0 Å². The molecular formula is C18H41Br2N3S. The standard InChI is InChI=1S/C18H39N3S.2BrH/c1-4-6-8-10-12-14-16-21-18(22-17(3)19)20-15-13-11-9-7-5-2;;/h17H,4-16,19H2,1-3H3,(H,20,21);2*1H. The van der Waals surface area contributed by atoms with E-state index in [0.717, 1.165) is 18.3 Å². The third-order valence-electron chi connectivity index (χ3n) is 3.62. The van der Waals surface area contributed by atoms with Gasteiger partial charge in [-0.3, -0.25) is 4.99 Å². The largest absolute Gasteiger partial charge is 0.365 e. The molecule has 1 atom stereocenters. The first-order valence-electron chi connectivity index (χ1n) is 9.41. The van der Waals surface area contributed by atoms with Crippen LogP contribution in [0.4, 0.5) is 0 Å². The maximum absolute atomic E-state index is 5.89. The molecule has 6 heteroatoms. The van der Waals surface area contributed by atoms with Gasteiger partial charge in [-0.2, -0.15) is 0 Å². The molecule has 0 aromatic carbocycles. The van der Waals surface area contributed by atoms with Crippen molar-refractivity contribution in [2.75, 3.05) is 13.1 Å². The summed E-state index contributed by atoms with van der Waals surface area (Å²) in [6, 6.07) is 0. The fourth-order valence-corrected chi connectivity index (χ4v) is 3.01. The van der Waals surface area contributed by atoms with Gasteiger partial charge in [0.05, 0.1) is 5.37 Å². The lowest BCUT2D eigenvalue weighted by molar-refractivity contribution is 0.610. The van der Waals surface area contributed by atoms with Gasteiger partial charge < -0.3 is 11.1 Å². The molecule has 0 saturated carbocycles. The summed E-state index contributed by atoms with van der Waals surface area (Å²) in [4.78, 5) is 4.70. The van der Waals surface area contributed by atoms with E-state index < -0.39 is 0 Å². The van der Waals surface area contributed by atoms with Crippen LogP contribution >= 0.6 is 45.7 Å². The van der Waals surface area contributed by atoms with Gasteiger partial charge in [0.25, 0.3) is 0 Å². The van der Waals surface area contributed by atoms with E-state index in [1.54, 1.807) is 11.8 Å². The van der Waals surface area contributed by atoms with Gasteiger partial charge in [0.15, 0.2) is 5.17 Å². The smallest absolute Gasteiger partial charge is 0.158 e. The average molecular weight is 491 g/mol. The molecule has 0 saturated heterocycles. The first-order chi connectivity index (χ1) is 10.7. The van der Waals surface area contributed by atoms with Crippen LogP contribution in [-0.4, -0.2) is 23.6 Å². The summed E-state index contributed by atoms with van der Waals surface area (Å²) in [6.45, 7) is 8.50. The van der Waals surface area contributed by atoms with Crippen LogP contribution in [0.3, 0.4) is 0 Å². The highest BCUT2D eigenvalue weighted by molar-refractivity contribution is 8.93. The van der Waals surface area contributed by atoms with Crippen LogP contribution in [0.5, 0.6) is 0 Å². The van der Waals surface area contributed by atoms with Crippen molar-refractivity contribution < 1.29 is 0 Å². The Bertz CT molecular complexity index is 265. The van der Waals surface area contributed by atoms with Gasteiger partial charge in [-0.1, -0.05) is 83.4 Å². The molecule has 0 aromatic rings. The Morgan fingerprint density at radius 2 is 1.38 bits per heavy atom. The van der Waals surface area contributed by atoms with Crippen molar-refractivity contribution in [1.29, 1.82) is 0 Å². The van der Waals surface area contributed by atoms with Gasteiger partial charge in [-0.05, 0) is 19.8 Å². The molecule has 0 aliphatic carbocycles. The second kappa shape index (κ2) is 23.7. The van der Waals surface area contributed by atoms with Crippen LogP contribution in [0.15, 0.2) is 4.99 Å². The summed E-state index contributed by atoms with van der Waals surface area (Å²) >= 11 is 1.66. The lowest BCUT2D eigenvalue weighted by Gasteiger charge is -2.11. The van der Waals surface area contributed by atoms with Gasteiger partial charge in [0.1, 0.15) is 0 Å². The maximum atomic E-state index is 5.89. The van der Waals surface area contributed by atoms with Crippen molar-refractivity contribution in [1.82, 2.24) is 5.32 Å². The minimum Gasteiger partial charge on any atom is -0.365 e. The molecule has 0 heterocycles. The molecule has 0 fully saturated rings. The second-order valence-corrected chi connectivity index (χ2v) is 7.48. The number of nitrogens with one attached hydrogen (secondary N) is 1. The van der Waals surface area contributed by atoms with Crippen molar-refractivity contribution in [3.8, 4) is 0 Å². The average Bonchev–Trinajstić information content (AvgIpc) is 2.49. The van der Waals surface area contributed by atoms with Crippen LogP contribution < -0.4 is 11.1 Å². The Morgan fingerprint density at radius 1 is 0.875 bits per heavy atom. The summed E-state index contributed by atoms with van der Waals surface area (Å²) in [7, 11) is 0. The molecule has 24 heavy (non-hydrogen) atoms. The number of amidine groups is 1. The molecule has 148 valence electrons. The summed E-state index contributed by atoms with van der Waals surface area (Å²) in [5.41, 5.74) is 5.89. The normalized spacial score (nSPS) is 12.2. The van der Waals surface area contributed by atoms with Gasteiger partial charge in [-0.15, -0.1) is 34.0 Å². The first kappa shape index (κ1) is 29.5. The van der Waals surface area contributed by atoms with Crippen LogP contribution in [0, 0.1) is 0 Å². The first-order valence-corrected chi connectivity index (χ1v) is 10.3. The third kappa shape index (κ3) is 22.7. The molecule has 3 N–H and O–H groups in total. The molecule has 3 nitrogen and oxygen atoms in total. The minimum absolute atomic E-state index is 0. The quantitative estimate of drug-likeness (QED) is 0.127. The Balaban J connectivity index is -0.00000220. The highest BCUT2D eigenvalue weighted by Gasteiger charge is 2.03. The van der Waals surface area contributed by atoms with Crippen LogP contribution in [0.25, 0.3) is 0 Å². The van der Waals surface area contributed by atoms with E-state index >= 15 is 0 Å². The molecule has 0 rings (SSSR count). The lowest BCUT2D eigenvalue weighted by Crippen LogP contribution is -2.26. The van der Waals surface area contributed by atoms with Crippen molar-refractivity contribution in [3.63, 3.8) is 0 Å². The highest BCUT2D eigenvalue weighted by Crippen LogP contribution is 2.09. The molecule has 0 aliphatic rings. The molecule has 1 unspecified atom stereocenters. The van der Waals surface area contributed by atoms with E-state index in [2.05, 4.69) is 19.2 Å². The zero-order valence-corrected chi connectivity index (χ0v) is 20.3. The van der Waals surface area contributed by atoms with Gasteiger partial charge in [0, 0.05) is 13.1 Å². The van der Waals surface area contributed by atoms with E-state index in [-0.39, 0.29) is 39.3 Å². The summed E-state index contributed by atoms with van der Waals surface area (Å²) in [6.07, 6.45) is 14.5. The Hall–Kier alpha value is 0.740. The van der Waals surface area contributed by atoms with Crippen LogP contribution in [-0.2, 0) is 0 Å². The lowest BCUT2D eigenvalue weighted by atomic mass is 10.1. The van der Waals surface area contributed by atoms with Gasteiger partial charge in [0.2, 0.25) is 0 Å². The molecule has 0 aromatic heterocycles. The van der Waals surface area contributed by atoms with Gasteiger partial charge in [-0.25, -0.2) is 0 Å². The number of hydrogen-bond acceptors (Lipinski definition) is 3. The number of hydrogen-bond donors (Lipinski definition) is 2. The molecule has 0 radical (unpaired) electrons. The molecule has 0 aliphatic heterocycles. The zero-order valence-electron chi connectivity index (χ0n) is 16.0. The fourth-order valence-electron chi connectivity index (χ4n) is 2.31. The molecule has 0 spiro atoms.